The number of nitrogens with zero attached hydrogens (tertiary/aromatic N) is 2. The van der Waals surface area contributed by atoms with Gasteiger partial charge in [0, 0.05) is 24.3 Å². The molecule has 0 unspecified atom stereocenters. The monoisotopic (exact) mass is 381 g/mol. The van der Waals surface area contributed by atoms with Gasteiger partial charge in [0.05, 0.1) is 38.2 Å². The van der Waals surface area contributed by atoms with Gasteiger partial charge in [0.1, 0.15) is 10.6 Å². The first-order chi connectivity index (χ1) is 11.9. The predicted octanol–water partition coefficient (Wildman–Crippen LogP) is 2.60. The van der Waals surface area contributed by atoms with E-state index in [1.165, 1.54) is 20.7 Å². The topological polar surface area (TPSA) is 51.5 Å². The van der Waals surface area contributed by atoms with Gasteiger partial charge < -0.3 is 15.0 Å². The Morgan fingerprint density at radius 1 is 1.32 bits per heavy atom. The maximum Gasteiger partial charge on any atom is 0.190 e. The van der Waals surface area contributed by atoms with Gasteiger partial charge in [0.2, 0.25) is 0 Å². The molecule has 3 rings (SSSR count). The third-order valence-electron chi connectivity index (χ3n) is 4.33. The molecule has 25 heavy (non-hydrogen) atoms. The Morgan fingerprint density at radius 3 is 2.84 bits per heavy atom. The summed E-state index contributed by atoms with van der Waals surface area (Å²) in [5, 5.41) is 5.68. The number of thiophene rings is 1. The van der Waals surface area contributed by atoms with Gasteiger partial charge in [-0.05, 0) is 25.2 Å². The van der Waals surface area contributed by atoms with E-state index < -0.39 is 0 Å². The first kappa shape index (κ1) is 18.9. The van der Waals surface area contributed by atoms with E-state index in [4.69, 9.17) is 14.7 Å². The zero-order chi connectivity index (χ0) is 18.0. The number of aromatic nitrogens is 2. The fourth-order valence-corrected chi connectivity index (χ4v) is 4.83. The molecule has 3 heterocycles. The van der Waals surface area contributed by atoms with Gasteiger partial charge in [-0.3, -0.25) is 0 Å². The van der Waals surface area contributed by atoms with Crippen LogP contribution >= 0.6 is 23.1 Å². The smallest absolute Gasteiger partial charge is 0.190 e. The molecule has 0 fully saturated rings. The van der Waals surface area contributed by atoms with Crippen molar-refractivity contribution in [3.05, 3.63) is 10.4 Å². The standard InChI is InChI=1S/C18H28N4OS2/c1-6-24-17-20-15(19-8-7-9-22(4)5)14-12-10-18(2,3)23-11-13(12)25-16(14)21-17/h6-11H2,1-5H3,(H,19,20,21)/p+1. The molecular weight excluding hydrogens is 352 g/mol. The minimum absolute atomic E-state index is 0.122. The van der Waals surface area contributed by atoms with Gasteiger partial charge in [0.25, 0.3) is 0 Å². The lowest BCUT2D eigenvalue weighted by Crippen LogP contribution is -3.05. The molecule has 1 aliphatic heterocycles. The van der Waals surface area contributed by atoms with Gasteiger partial charge in [-0.25, -0.2) is 9.97 Å². The van der Waals surface area contributed by atoms with Crippen molar-refractivity contribution >= 4 is 39.1 Å². The van der Waals surface area contributed by atoms with Gasteiger partial charge in [-0.2, -0.15) is 0 Å². The van der Waals surface area contributed by atoms with E-state index in [9.17, 15) is 0 Å². The number of fused-ring (bicyclic) bond motifs is 3. The van der Waals surface area contributed by atoms with Gasteiger partial charge >= 0.3 is 0 Å². The van der Waals surface area contributed by atoms with Crippen molar-refractivity contribution in [2.45, 2.75) is 51.0 Å². The van der Waals surface area contributed by atoms with Crippen LogP contribution < -0.4 is 10.2 Å². The number of ether oxygens (including phenoxy) is 1. The molecule has 0 atom stereocenters. The average Bonchev–Trinajstić information content (AvgIpc) is 2.88. The highest BCUT2D eigenvalue weighted by Gasteiger charge is 2.31. The van der Waals surface area contributed by atoms with E-state index >= 15 is 0 Å². The highest BCUT2D eigenvalue weighted by molar-refractivity contribution is 7.99. The Bertz CT molecular complexity index is 742. The normalized spacial score (nSPS) is 16.4. The Morgan fingerprint density at radius 2 is 2.12 bits per heavy atom. The molecule has 138 valence electrons. The van der Waals surface area contributed by atoms with Crippen LogP contribution in [0.1, 0.15) is 37.6 Å². The summed E-state index contributed by atoms with van der Waals surface area (Å²) < 4.78 is 6.00. The summed E-state index contributed by atoms with van der Waals surface area (Å²) >= 11 is 3.47. The molecule has 2 aromatic rings. The van der Waals surface area contributed by atoms with Crippen molar-refractivity contribution in [3.63, 3.8) is 0 Å². The first-order valence-electron chi connectivity index (χ1n) is 9.01. The van der Waals surface area contributed by atoms with Crippen LogP contribution in [0.4, 0.5) is 5.82 Å². The molecule has 0 amide bonds. The van der Waals surface area contributed by atoms with Crippen molar-refractivity contribution < 1.29 is 9.64 Å². The lowest BCUT2D eigenvalue weighted by atomic mass is 9.94. The van der Waals surface area contributed by atoms with Gasteiger partial charge in [0.15, 0.2) is 5.16 Å². The summed E-state index contributed by atoms with van der Waals surface area (Å²) in [4.78, 5) is 13.5. The zero-order valence-corrected chi connectivity index (χ0v) is 17.5. The summed E-state index contributed by atoms with van der Waals surface area (Å²) in [6.45, 7) is 9.24. The molecule has 7 heteroatoms. The fourth-order valence-electron chi connectivity index (χ4n) is 3.10. The third kappa shape index (κ3) is 4.45. The molecule has 0 saturated carbocycles. The Labute approximate surface area is 158 Å². The fraction of sp³-hybridized carbons (Fsp3) is 0.667. The highest BCUT2D eigenvalue weighted by Crippen LogP contribution is 2.41. The van der Waals surface area contributed by atoms with Crippen LogP contribution in [0, 0.1) is 0 Å². The summed E-state index contributed by atoms with van der Waals surface area (Å²) in [5.74, 6) is 1.99. The molecule has 0 aromatic carbocycles. The molecule has 5 nitrogen and oxygen atoms in total. The number of anilines is 1. The second kappa shape index (κ2) is 7.78. The Balaban J connectivity index is 1.95. The molecule has 0 saturated heterocycles. The van der Waals surface area contributed by atoms with Crippen molar-refractivity contribution in [2.24, 2.45) is 0 Å². The van der Waals surface area contributed by atoms with E-state index in [1.807, 2.05) is 0 Å². The van der Waals surface area contributed by atoms with Crippen molar-refractivity contribution in [1.82, 2.24) is 9.97 Å². The van der Waals surface area contributed by atoms with Crippen LogP contribution in [0.5, 0.6) is 0 Å². The quantitative estimate of drug-likeness (QED) is 0.439. The van der Waals surface area contributed by atoms with Crippen molar-refractivity contribution in [2.75, 3.05) is 38.3 Å². The third-order valence-corrected chi connectivity index (χ3v) is 6.16. The molecule has 2 N–H and O–H groups in total. The maximum atomic E-state index is 6.00. The minimum Gasteiger partial charge on any atom is -0.370 e. The highest BCUT2D eigenvalue weighted by atomic mass is 32.2. The Kier molecular flexibility index (Phi) is 5.88. The van der Waals surface area contributed by atoms with E-state index in [0.717, 1.165) is 47.5 Å². The predicted molar refractivity (Wildman–Crippen MR) is 107 cm³/mol. The summed E-state index contributed by atoms with van der Waals surface area (Å²) in [6.07, 6.45) is 2.05. The van der Waals surface area contributed by atoms with Gasteiger partial charge in [-0.1, -0.05) is 18.7 Å². The average molecular weight is 382 g/mol. The van der Waals surface area contributed by atoms with E-state index in [1.54, 1.807) is 23.1 Å². The molecule has 0 aliphatic carbocycles. The molecule has 0 bridgehead atoms. The summed E-state index contributed by atoms with van der Waals surface area (Å²) in [6, 6.07) is 0. The largest absolute Gasteiger partial charge is 0.370 e. The van der Waals surface area contributed by atoms with Crippen LogP contribution in [0.25, 0.3) is 10.2 Å². The summed E-state index contributed by atoms with van der Waals surface area (Å²) in [7, 11) is 4.38. The zero-order valence-electron chi connectivity index (χ0n) is 15.9. The van der Waals surface area contributed by atoms with E-state index in [-0.39, 0.29) is 5.60 Å². The molecule has 1 aliphatic rings. The second-order valence-corrected chi connectivity index (χ2v) is 9.75. The van der Waals surface area contributed by atoms with Crippen LogP contribution in [0.3, 0.4) is 0 Å². The number of rotatable bonds is 7. The molecule has 2 aromatic heterocycles. The van der Waals surface area contributed by atoms with Crippen LogP contribution in [0.2, 0.25) is 0 Å². The lowest BCUT2D eigenvalue weighted by molar-refractivity contribution is -0.858. The Hall–Kier alpha value is -0.890. The van der Waals surface area contributed by atoms with E-state index in [2.05, 4.69) is 40.2 Å². The minimum atomic E-state index is -0.122. The van der Waals surface area contributed by atoms with Gasteiger partial charge in [-0.15, -0.1) is 11.3 Å². The molecule has 0 radical (unpaired) electrons. The van der Waals surface area contributed by atoms with Crippen LogP contribution in [0.15, 0.2) is 5.16 Å². The maximum absolute atomic E-state index is 6.00. The van der Waals surface area contributed by atoms with E-state index in [0.29, 0.717) is 6.61 Å². The SMILES string of the molecule is CCSc1nc(NCCC[NH+](C)C)c2c3c(sc2n1)COC(C)(C)C3. The summed E-state index contributed by atoms with van der Waals surface area (Å²) in [5.41, 5.74) is 1.26. The number of thioether (sulfide) groups is 1. The number of hydrogen-bond donors (Lipinski definition) is 2. The molecular formula is C18H29N4OS2+. The molecule has 0 spiro atoms. The van der Waals surface area contributed by atoms with Crippen molar-refractivity contribution in [1.29, 1.82) is 0 Å². The second-order valence-electron chi connectivity index (χ2n) is 7.43. The van der Waals surface area contributed by atoms with Crippen molar-refractivity contribution in [3.8, 4) is 0 Å². The first-order valence-corrected chi connectivity index (χ1v) is 10.8. The van der Waals surface area contributed by atoms with Crippen LogP contribution in [-0.2, 0) is 17.8 Å². The number of nitrogens with one attached hydrogen (secondary N) is 2. The lowest BCUT2D eigenvalue weighted by Gasteiger charge is -2.30. The number of hydrogen-bond acceptors (Lipinski definition) is 6. The van der Waals surface area contributed by atoms with Crippen LogP contribution in [-0.4, -0.2) is 48.5 Å². The number of quaternary nitrogens is 1.